The van der Waals surface area contributed by atoms with E-state index in [-0.39, 0.29) is 11.8 Å². The number of nitrogens with one attached hydrogen (secondary N) is 2. The average molecular weight is 249 g/mol. The molecule has 0 atom stereocenters. The summed E-state index contributed by atoms with van der Waals surface area (Å²) >= 11 is 0. The van der Waals surface area contributed by atoms with Gasteiger partial charge >= 0.3 is 0 Å². The maximum absolute atomic E-state index is 11.2. The summed E-state index contributed by atoms with van der Waals surface area (Å²) in [6.45, 7) is 8.41. The highest BCUT2D eigenvalue weighted by atomic mass is 16.2. The predicted molar refractivity (Wildman–Crippen MR) is 73.7 cm³/mol. The van der Waals surface area contributed by atoms with Crippen molar-refractivity contribution in [1.82, 2.24) is 0 Å². The van der Waals surface area contributed by atoms with Gasteiger partial charge in [-0.15, -0.1) is 0 Å². The van der Waals surface area contributed by atoms with Crippen LogP contribution in [0.2, 0.25) is 0 Å². The second kappa shape index (κ2) is 5.08. The van der Waals surface area contributed by atoms with E-state index in [1.165, 1.54) is 13.8 Å². The van der Waals surface area contributed by atoms with Gasteiger partial charge in [0.2, 0.25) is 11.8 Å². The van der Waals surface area contributed by atoms with Crippen LogP contribution in [0.15, 0.2) is 0 Å². The van der Waals surface area contributed by atoms with Crippen LogP contribution in [0.5, 0.6) is 0 Å². The summed E-state index contributed by atoms with van der Waals surface area (Å²) in [6, 6.07) is 0. The van der Waals surface area contributed by atoms with Crippen LogP contribution < -0.4 is 16.4 Å². The van der Waals surface area contributed by atoms with Crippen LogP contribution in [0.4, 0.5) is 17.1 Å². The molecule has 18 heavy (non-hydrogen) atoms. The van der Waals surface area contributed by atoms with Crippen LogP contribution in [-0.4, -0.2) is 11.8 Å². The van der Waals surface area contributed by atoms with E-state index in [9.17, 15) is 9.59 Å². The fraction of sp³-hybridized carbons (Fsp3) is 0.385. The zero-order valence-corrected chi connectivity index (χ0v) is 11.4. The minimum atomic E-state index is -0.168. The molecule has 0 bridgehead atoms. The van der Waals surface area contributed by atoms with Crippen molar-refractivity contribution in [3.05, 3.63) is 16.7 Å². The first-order chi connectivity index (χ1) is 8.25. The van der Waals surface area contributed by atoms with Crippen molar-refractivity contribution in [2.24, 2.45) is 0 Å². The molecular weight excluding hydrogens is 230 g/mol. The van der Waals surface area contributed by atoms with Gasteiger partial charge in [0, 0.05) is 19.5 Å². The first-order valence-corrected chi connectivity index (χ1v) is 5.70. The largest absolute Gasteiger partial charge is 0.398 e. The number of hydrogen-bond donors (Lipinski definition) is 3. The van der Waals surface area contributed by atoms with Crippen LogP contribution in [-0.2, 0) is 9.59 Å². The molecule has 0 aliphatic carbocycles. The van der Waals surface area contributed by atoms with Crippen molar-refractivity contribution in [3.8, 4) is 0 Å². The van der Waals surface area contributed by atoms with Gasteiger partial charge in [-0.2, -0.15) is 0 Å². The molecule has 98 valence electrons. The fourth-order valence-corrected chi connectivity index (χ4v) is 1.97. The van der Waals surface area contributed by atoms with Crippen LogP contribution >= 0.6 is 0 Å². The zero-order chi connectivity index (χ0) is 14.0. The lowest BCUT2D eigenvalue weighted by Gasteiger charge is -2.20. The molecule has 1 aromatic carbocycles. The molecular formula is C13H19N3O2. The van der Waals surface area contributed by atoms with Gasteiger partial charge in [0.1, 0.15) is 0 Å². The molecule has 0 aliphatic rings. The van der Waals surface area contributed by atoms with E-state index in [4.69, 9.17) is 5.73 Å². The SMILES string of the molecule is CC(=O)Nc1c(C)c(N)c(C)c(NC(C)=O)c1C. The smallest absolute Gasteiger partial charge is 0.221 e. The molecule has 0 saturated heterocycles. The first-order valence-electron chi connectivity index (χ1n) is 5.70. The lowest BCUT2D eigenvalue weighted by Crippen LogP contribution is -2.15. The Hall–Kier alpha value is -2.04. The molecule has 0 aliphatic heterocycles. The normalized spacial score (nSPS) is 10.1. The highest BCUT2D eigenvalue weighted by molar-refractivity contribution is 5.98. The van der Waals surface area contributed by atoms with Gasteiger partial charge in [-0.25, -0.2) is 0 Å². The van der Waals surface area contributed by atoms with Crippen molar-refractivity contribution in [2.75, 3.05) is 16.4 Å². The number of hydrogen-bond acceptors (Lipinski definition) is 3. The molecule has 0 radical (unpaired) electrons. The summed E-state index contributed by atoms with van der Waals surface area (Å²) in [5.41, 5.74) is 10.3. The van der Waals surface area contributed by atoms with Gasteiger partial charge in [-0.05, 0) is 37.5 Å². The van der Waals surface area contributed by atoms with Gasteiger partial charge in [0.05, 0.1) is 11.4 Å². The number of anilines is 3. The summed E-state index contributed by atoms with van der Waals surface area (Å²) in [5, 5.41) is 5.51. The van der Waals surface area contributed by atoms with E-state index < -0.39 is 0 Å². The standard InChI is InChI=1S/C13H19N3O2/c1-6-11(14)7(2)13(16-10(5)18)8(3)12(6)15-9(4)17/h14H2,1-5H3,(H,15,17)(H,16,18). The average Bonchev–Trinajstić information content (AvgIpc) is 2.27. The van der Waals surface area contributed by atoms with E-state index in [2.05, 4.69) is 10.6 Å². The van der Waals surface area contributed by atoms with E-state index in [1.54, 1.807) is 0 Å². The molecule has 0 heterocycles. The molecule has 0 saturated carbocycles. The Balaban J connectivity index is 3.48. The first kappa shape index (κ1) is 14.0. The summed E-state index contributed by atoms with van der Waals surface area (Å²) < 4.78 is 0. The van der Waals surface area contributed by atoms with Crippen LogP contribution in [0.25, 0.3) is 0 Å². The summed E-state index contributed by atoms with van der Waals surface area (Å²) in [7, 11) is 0. The second-order valence-electron chi connectivity index (χ2n) is 4.40. The van der Waals surface area contributed by atoms with Crippen molar-refractivity contribution in [3.63, 3.8) is 0 Å². The number of rotatable bonds is 2. The summed E-state index contributed by atoms with van der Waals surface area (Å²) in [6.07, 6.45) is 0. The molecule has 0 unspecified atom stereocenters. The van der Waals surface area contributed by atoms with E-state index in [1.807, 2.05) is 20.8 Å². The van der Waals surface area contributed by atoms with E-state index in [0.717, 1.165) is 16.7 Å². The molecule has 0 aromatic heterocycles. The zero-order valence-electron chi connectivity index (χ0n) is 11.4. The van der Waals surface area contributed by atoms with Crippen molar-refractivity contribution < 1.29 is 9.59 Å². The number of nitrogens with two attached hydrogens (primary N) is 1. The molecule has 1 aromatic rings. The lowest BCUT2D eigenvalue weighted by atomic mass is 9.99. The molecule has 1 rings (SSSR count). The van der Waals surface area contributed by atoms with Gasteiger partial charge in [0.15, 0.2) is 0 Å². The molecule has 0 fully saturated rings. The minimum Gasteiger partial charge on any atom is -0.398 e. The number of benzene rings is 1. The summed E-state index contributed by atoms with van der Waals surface area (Å²) in [5.74, 6) is -0.337. The van der Waals surface area contributed by atoms with Crippen molar-refractivity contribution >= 4 is 28.9 Å². The Bertz CT molecular complexity index is 478. The molecule has 2 amide bonds. The predicted octanol–water partition coefficient (Wildman–Crippen LogP) is 2.11. The molecule has 5 nitrogen and oxygen atoms in total. The quantitative estimate of drug-likeness (QED) is 0.702. The van der Waals surface area contributed by atoms with Gasteiger partial charge < -0.3 is 16.4 Å². The Morgan fingerprint density at radius 3 is 1.44 bits per heavy atom. The molecule has 0 spiro atoms. The number of carbonyl (C=O) groups is 2. The lowest BCUT2D eigenvalue weighted by molar-refractivity contribution is -0.115. The van der Waals surface area contributed by atoms with Crippen LogP contribution in [0, 0.1) is 20.8 Å². The Kier molecular flexibility index (Phi) is 3.96. The topological polar surface area (TPSA) is 84.2 Å². The fourth-order valence-electron chi connectivity index (χ4n) is 1.97. The van der Waals surface area contributed by atoms with Gasteiger partial charge in [-0.3, -0.25) is 9.59 Å². The summed E-state index contributed by atoms with van der Waals surface area (Å²) in [4.78, 5) is 22.4. The van der Waals surface area contributed by atoms with Crippen molar-refractivity contribution in [2.45, 2.75) is 34.6 Å². The number of amides is 2. The monoisotopic (exact) mass is 249 g/mol. The maximum atomic E-state index is 11.2. The highest BCUT2D eigenvalue weighted by Crippen LogP contribution is 2.36. The minimum absolute atomic E-state index is 0.168. The maximum Gasteiger partial charge on any atom is 0.221 e. The molecule has 5 heteroatoms. The third-order valence-corrected chi connectivity index (χ3v) is 2.91. The Morgan fingerprint density at radius 2 is 1.17 bits per heavy atom. The molecule has 4 N–H and O–H groups in total. The van der Waals surface area contributed by atoms with Gasteiger partial charge in [0.25, 0.3) is 0 Å². The Labute approximate surface area is 107 Å². The van der Waals surface area contributed by atoms with E-state index >= 15 is 0 Å². The highest BCUT2D eigenvalue weighted by Gasteiger charge is 2.16. The van der Waals surface area contributed by atoms with Crippen molar-refractivity contribution in [1.29, 1.82) is 0 Å². The number of nitrogen functional groups attached to an aromatic ring is 1. The van der Waals surface area contributed by atoms with Crippen LogP contribution in [0.1, 0.15) is 30.5 Å². The second-order valence-corrected chi connectivity index (χ2v) is 4.40. The van der Waals surface area contributed by atoms with Gasteiger partial charge in [-0.1, -0.05) is 0 Å². The van der Waals surface area contributed by atoms with E-state index in [0.29, 0.717) is 17.1 Å². The number of carbonyl (C=O) groups excluding carboxylic acids is 2. The van der Waals surface area contributed by atoms with Crippen LogP contribution in [0.3, 0.4) is 0 Å². The third-order valence-electron chi connectivity index (χ3n) is 2.91. The third kappa shape index (κ3) is 2.61. The Morgan fingerprint density at radius 1 is 0.833 bits per heavy atom.